The summed E-state index contributed by atoms with van der Waals surface area (Å²) in [5, 5.41) is 3.23. The summed E-state index contributed by atoms with van der Waals surface area (Å²) in [6.45, 7) is 11.4. The summed E-state index contributed by atoms with van der Waals surface area (Å²) >= 11 is 0. The molecule has 0 unspecified atom stereocenters. The molecule has 0 atom stereocenters. The maximum Gasteiger partial charge on any atom is 0.318 e. The molecule has 0 aromatic heterocycles. The van der Waals surface area contributed by atoms with Crippen LogP contribution in [0.3, 0.4) is 0 Å². The van der Waals surface area contributed by atoms with Gasteiger partial charge in [-0.05, 0) is 44.7 Å². The first-order chi connectivity index (χ1) is 16.3. The third kappa shape index (κ3) is 5.79. The monoisotopic (exact) mass is 462 g/mol. The van der Waals surface area contributed by atoms with Crippen molar-refractivity contribution in [1.82, 2.24) is 20.0 Å². The quantitative estimate of drug-likeness (QED) is 0.743. The number of hydrogen-bond acceptors (Lipinski definition) is 3. The van der Waals surface area contributed by atoms with E-state index in [9.17, 15) is 9.59 Å². The van der Waals surface area contributed by atoms with E-state index in [0.717, 1.165) is 50.1 Å². The topological polar surface area (TPSA) is 55.9 Å². The van der Waals surface area contributed by atoms with Crippen molar-refractivity contribution in [2.75, 3.05) is 39.3 Å². The number of hydrogen-bond donors (Lipinski definition) is 1. The summed E-state index contributed by atoms with van der Waals surface area (Å²) in [7, 11) is 0. The molecule has 4 rings (SSSR count). The summed E-state index contributed by atoms with van der Waals surface area (Å²) < 4.78 is 0. The van der Waals surface area contributed by atoms with Gasteiger partial charge in [-0.15, -0.1) is 0 Å². The van der Waals surface area contributed by atoms with Crippen molar-refractivity contribution in [1.29, 1.82) is 0 Å². The summed E-state index contributed by atoms with van der Waals surface area (Å²) in [6.07, 6.45) is 1.46. The molecule has 0 radical (unpaired) electrons. The van der Waals surface area contributed by atoms with E-state index in [0.29, 0.717) is 13.1 Å². The maximum atomic E-state index is 13.2. The number of likely N-dealkylation sites (tertiary alicyclic amines) is 1. The van der Waals surface area contributed by atoms with Gasteiger partial charge in [0.2, 0.25) is 5.91 Å². The first-order valence-electron chi connectivity index (χ1n) is 12.5. The van der Waals surface area contributed by atoms with Gasteiger partial charge in [-0.1, -0.05) is 60.7 Å². The van der Waals surface area contributed by atoms with Crippen molar-refractivity contribution >= 4 is 11.9 Å². The van der Waals surface area contributed by atoms with Gasteiger partial charge in [0.05, 0.1) is 6.04 Å². The molecule has 2 saturated heterocycles. The normalized spacial score (nSPS) is 18.2. The van der Waals surface area contributed by atoms with Gasteiger partial charge in [0.25, 0.3) is 0 Å². The molecule has 2 aliphatic heterocycles. The first kappa shape index (κ1) is 24.3. The highest BCUT2D eigenvalue weighted by Crippen LogP contribution is 2.25. The number of rotatable bonds is 4. The van der Waals surface area contributed by atoms with Crippen LogP contribution in [-0.4, -0.2) is 71.4 Å². The number of benzene rings is 2. The van der Waals surface area contributed by atoms with Crippen LogP contribution in [0.1, 0.15) is 50.8 Å². The van der Waals surface area contributed by atoms with Crippen LogP contribution in [0.25, 0.3) is 0 Å². The largest absolute Gasteiger partial charge is 0.340 e. The Morgan fingerprint density at radius 1 is 0.765 bits per heavy atom. The van der Waals surface area contributed by atoms with E-state index in [-0.39, 0.29) is 29.4 Å². The highest BCUT2D eigenvalue weighted by atomic mass is 16.2. The van der Waals surface area contributed by atoms with Gasteiger partial charge in [-0.2, -0.15) is 0 Å². The summed E-state index contributed by atoms with van der Waals surface area (Å²) in [4.78, 5) is 32.6. The Bertz CT molecular complexity index is 902. The highest BCUT2D eigenvalue weighted by Gasteiger charge is 2.34. The molecular formula is C28H38N4O2. The lowest BCUT2D eigenvalue weighted by atomic mass is 9.94. The van der Waals surface area contributed by atoms with Crippen LogP contribution >= 0.6 is 0 Å². The van der Waals surface area contributed by atoms with Gasteiger partial charge in [-0.3, -0.25) is 9.69 Å². The van der Waals surface area contributed by atoms with Crippen molar-refractivity contribution < 1.29 is 9.59 Å². The number of carbonyl (C=O) groups is 2. The lowest BCUT2D eigenvalue weighted by molar-refractivity contribution is -0.139. The van der Waals surface area contributed by atoms with Crippen LogP contribution < -0.4 is 5.32 Å². The summed E-state index contributed by atoms with van der Waals surface area (Å²) in [6, 6.07) is 19.9. The number of piperazine rings is 1. The SMILES string of the molecule is CC(C)(C)N1CCN(C(=O)C2CCN(C(=O)NC(c3ccccc3)c3ccccc3)CC2)CC1. The molecule has 6 heteroatoms. The smallest absolute Gasteiger partial charge is 0.318 e. The van der Waals surface area contributed by atoms with Crippen LogP contribution in [-0.2, 0) is 4.79 Å². The summed E-state index contributed by atoms with van der Waals surface area (Å²) in [5.74, 6) is 0.282. The van der Waals surface area contributed by atoms with Crippen LogP contribution in [0.2, 0.25) is 0 Å². The molecule has 1 N–H and O–H groups in total. The van der Waals surface area contributed by atoms with E-state index in [1.807, 2.05) is 70.5 Å². The molecule has 2 heterocycles. The average Bonchev–Trinajstić information content (AvgIpc) is 2.87. The molecule has 2 aromatic carbocycles. The fourth-order valence-electron chi connectivity index (χ4n) is 5.05. The van der Waals surface area contributed by atoms with E-state index in [1.54, 1.807) is 0 Å². The number of piperidine rings is 1. The first-order valence-corrected chi connectivity index (χ1v) is 12.5. The van der Waals surface area contributed by atoms with Crippen molar-refractivity contribution in [2.24, 2.45) is 5.92 Å². The lowest BCUT2D eigenvalue weighted by Crippen LogP contribution is -2.56. The van der Waals surface area contributed by atoms with E-state index in [1.165, 1.54) is 0 Å². The molecule has 6 nitrogen and oxygen atoms in total. The second-order valence-electron chi connectivity index (χ2n) is 10.4. The molecule has 0 saturated carbocycles. The zero-order chi connectivity index (χ0) is 24.1. The minimum atomic E-state index is -0.201. The molecule has 2 fully saturated rings. The predicted octanol–water partition coefficient (Wildman–Crippen LogP) is 4.14. The van der Waals surface area contributed by atoms with Crippen molar-refractivity contribution in [2.45, 2.75) is 45.2 Å². The van der Waals surface area contributed by atoms with Crippen LogP contribution in [0.4, 0.5) is 4.79 Å². The molecule has 0 spiro atoms. The van der Waals surface area contributed by atoms with Crippen LogP contribution in [0, 0.1) is 5.92 Å². The molecule has 2 aromatic rings. The molecular weight excluding hydrogens is 424 g/mol. The zero-order valence-corrected chi connectivity index (χ0v) is 20.7. The second kappa shape index (κ2) is 10.6. The Morgan fingerprint density at radius 3 is 1.74 bits per heavy atom. The maximum absolute atomic E-state index is 13.2. The molecule has 182 valence electrons. The van der Waals surface area contributed by atoms with E-state index in [4.69, 9.17) is 0 Å². The Balaban J connectivity index is 1.32. The molecule has 2 aliphatic rings. The van der Waals surface area contributed by atoms with Gasteiger partial charge in [0.1, 0.15) is 0 Å². The van der Waals surface area contributed by atoms with E-state index in [2.05, 4.69) is 31.0 Å². The third-order valence-electron chi connectivity index (χ3n) is 7.21. The zero-order valence-electron chi connectivity index (χ0n) is 20.7. The number of amides is 3. The van der Waals surface area contributed by atoms with Gasteiger partial charge in [0.15, 0.2) is 0 Å². The number of nitrogens with one attached hydrogen (secondary N) is 1. The number of nitrogens with zero attached hydrogens (tertiary/aromatic N) is 3. The van der Waals surface area contributed by atoms with Gasteiger partial charge < -0.3 is 15.1 Å². The van der Waals surface area contributed by atoms with E-state index >= 15 is 0 Å². The fraction of sp³-hybridized carbons (Fsp3) is 0.500. The Labute approximate surface area is 203 Å². The van der Waals surface area contributed by atoms with Gasteiger partial charge in [0, 0.05) is 50.7 Å². The Morgan fingerprint density at radius 2 is 1.26 bits per heavy atom. The van der Waals surface area contributed by atoms with Gasteiger partial charge >= 0.3 is 6.03 Å². The van der Waals surface area contributed by atoms with Crippen LogP contribution in [0.15, 0.2) is 60.7 Å². The third-order valence-corrected chi connectivity index (χ3v) is 7.21. The number of urea groups is 1. The lowest BCUT2D eigenvalue weighted by Gasteiger charge is -2.43. The van der Waals surface area contributed by atoms with Gasteiger partial charge in [-0.25, -0.2) is 4.79 Å². The Hall–Kier alpha value is -2.86. The van der Waals surface area contributed by atoms with E-state index < -0.39 is 0 Å². The van der Waals surface area contributed by atoms with Crippen LogP contribution in [0.5, 0.6) is 0 Å². The highest BCUT2D eigenvalue weighted by molar-refractivity contribution is 5.80. The second-order valence-corrected chi connectivity index (χ2v) is 10.4. The molecule has 0 bridgehead atoms. The minimum absolute atomic E-state index is 0.0179. The average molecular weight is 463 g/mol. The molecule has 3 amide bonds. The molecule has 0 aliphatic carbocycles. The fourth-order valence-corrected chi connectivity index (χ4v) is 5.05. The van der Waals surface area contributed by atoms with Crippen molar-refractivity contribution in [3.8, 4) is 0 Å². The molecule has 34 heavy (non-hydrogen) atoms. The minimum Gasteiger partial charge on any atom is -0.340 e. The van der Waals surface area contributed by atoms with Crippen molar-refractivity contribution in [3.05, 3.63) is 71.8 Å². The number of carbonyl (C=O) groups excluding carboxylic acids is 2. The standard InChI is InChI=1S/C28H38N4O2/c1-28(2,3)32-20-18-30(19-21-32)26(33)24-14-16-31(17-15-24)27(34)29-25(22-10-6-4-7-11-22)23-12-8-5-9-13-23/h4-13,24-25H,14-21H2,1-3H3,(H,29,34). The summed E-state index contributed by atoms with van der Waals surface area (Å²) in [5.41, 5.74) is 2.26. The predicted molar refractivity (Wildman–Crippen MR) is 135 cm³/mol. The van der Waals surface area contributed by atoms with Crippen molar-refractivity contribution in [3.63, 3.8) is 0 Å². The Kier molecular flexibility index (Phi) is 7.57.